The number of H-pyrrole nitrogens is 1. The van der Waals surface area contributed by atoms with Crippen molar-refractivity contribution in [1.82, 2.24) is 10.3 Å². The van der Waals surface area contributed by atoms with Crippen molar-refractivity contribution in [3.63, 3.8) is 0 Å². The number of aromatic nitrogens is 1. The predicted molar refractivity (Wildman–Crippen MR) is 121 cm³/mol. The van der Waals surface area contributed by atoms with Gasteiger partial charge in [0.2, 0.25) is 0 Å². The van der Waals surface area contributed by atoms with E-state index in [2.05, 4.69) is 10.3 Å². The third kappa shape index (κ3) is 3.59. The Labute approximate surface area is 177 Å². The molecule has 1 aromatic heterocycles. The molecular weight excluding hydrogens is 399 g/mol. The van der Waals surface area contributed by atoms with Gasteiger partial charge >= 0.3 is 0 Å². The van der Waals surface area contributed by atoms with Crippen LogP contribution in [0.25, 0.3) is 21.8 Å². The van der Waals surface area contributed by atoms with Crippen molar-refractivity contribution < 1.29 is 9.18 Å². The van der Waals surface area contributed by atoms with Crippen LogP contribution in [0.5, 0.6) is 0 Å². The van der Waals surface area contributed by atoms with Crippen molar-refractivity contribution in [2.75, 3.05) is 6.26 Å². The molecule has 0 fully saturated rings. The van der Waals surface area contributed by atoms with Gasteiger partial charge in [-0.1, -0.05) is 24.3 Å². The maximum atomic E-state index is 14.8. The average Bonchev–Trinajstić information content (AvgIpc) is 2.74. The Morgan fingerprint density at radius 2 is 1.77 bits per heavy atom. The average molecular weight is 421 g/mol. The minimum atomic E-state index is -0.727. The summed E-state index contributed by atoms with van der Waals surface area (Å²) in [5, 5.41) is 3.62. The number of nitrogens with one attached hydrogen (secondary N) is 2. The van der Waals surface area contributed by atoms with Crippen molar-refractivity contribution in [3.8, 4) is 0 Å². The lowest BCUT2D eigenvalue weighted by molar-refractivity contribution is 0.0908. The van der Waals surface area contributed by atoms with Gasteiger partial charge in [-0.3, -0.25) is 9.59 Å². The fraction of sp³-hybridized carbons (Fsp3) is 0.167. The van der Waals surface area contributed by atoms with E-state index in [0.717, 1.165) is 16.5 Å². The fourth-order valence-electron chi connectivity index (χ4n) is 3.55. The summed E-state index contributed by atoms with van der Waals surface area (Å²) >= 11 is 1.61. The van der Waals surface area contributed by atoms with Crippen LogP contribution in [0.2, 0.25) is 0 Å². The first kappa shape index (κ1) is 20.2. The third-order valence-corrected chi connectivity index (χ3v) is 5.98. The van der Waals surface area contributed by atoms with Crippen LogP contribution in [0.4, 0.5) is 4.39 Å². The number of thioether (sulfide) groups is 1. The highest BCUT2D eigenvalue weighted by Crippen LogP contribution is 2.26. The van der Waals surface area contributed by atoms with Crippen LogP contribution in [0.15, 0.2) is 70.4 Å². The Morgan fingerprint density at radius 1 is 1.00 bits per heavy atom. The van der Waals surface area contributed by atoms with Gasteiger partial charge in [0.15, 0.2) is 5.43 Å². The number of carbonyl (C=O) groups is 1. The predicted octanol–water partition coefficient (Wildman–Crippen LogP) is 5.21. The molecule has 0 bridgehead atoms. The normalized spacial score (nSPS) is 11.7. The molecule has 0 aliphatic carbocycles. The van der Waals surface area contributed by atoms with Crippen molar-refractivity contribution >= 4 is 39.5 Å². The lowest BCUT2D eigenvalue weighted by Gasteiger charge is -2.27. The quantitative estimate of drug-likeness (QED) is 0.352. The molecule has 0 aliphatic heterocycles. The third-order valence-electron chi connectivity index (χ3n) is 5.25. The van der Waals surface area contributed by atoms with Gasteiger partial charge in [-0.25, -0.2) is 4.39 Å². The first-order chi connectivity index (χ1) is 14.3. The van der Waals surface area contributed by atoms with E-state index in [0.29, 0.717) is 16.4 Å². The van der Waals surface area contributed by atoms with E-state index in [-0.39, 0.29) is 16.4 Å². The number of fused-ring (bicyclic) bond motifs is 2. The largest absolute Gasteiger partial charge is 0.354 e. The SMILES string of the molecule is CSc1cccc(C(C)(C)NC(=O)c2cc3[nH]c4ccccc4c(=O)c3cc2F)c1. The Morgan fingerprint density at radius 3 is 2.53 bits per heavy atom. The van der Waals surface area contributed by atoms with Gasteiger partial charge in [0.25, 0.3) is 5.91 Å². The number of halogens is 1. The standard InChI is InChI=1S/C24H21FN2O2S/c1-24(2,14-7-6-8-15(11-14)30-3)27-23(29)17-13-21-18(12-19(17)25)22(28)16-9-4-5-10-20(16)26-21/h4-13H,1-3H3,(H,26,28)(H,27,29). The van der Waals surface area contributed by atoms with Gasteiger partial charge in [0.05, 0.1) is 16.6 Å². The van der Waals surface area contributed by atoms with E-state index in [1.807, 2.05) is 50.4 Å². The molecular formula is C24H21FN2O2S. The number of benzene rings is 3. The summed E-state index contributed by atoms with van der Waals surface area (Å²) in [6.07, 6.45) is 1.99. The summed E-state index contributed by atoms with van der Waals surface area (Å²) in [6.45, 7) is 3.75. The van der Waals surface area contributed by atoms with Crippen LogP contribution in [0.3, 0.4) is 0 Å². The molecule has 1 amide bonds. The molecule has 4 rings (SSSR count). The van der Waals surface area contributed by atoms with Crippen LogP contribution in [-0.4, -0.2) is 17.1 Å². The van der Waals surface area contributed by atoms with Gasteiger partial charge in [0.1, 0.15) is 5.82 Å². The highest BCUT2D eigenvalue weighted by Gasteiger charge is 2.25. The second-order valence-corrected chi connectivity index (χ2v) is 8.57. The molecule has 0 radical (unpaired) electrons. The highest BCUT2D eigenvalue weighted by atomic mass is 32.2. The molecule has 152 valence electrons. The molecule has 2 N–H and O–H groups in total. The summed E-state index contributed by atoms with van der Waals surface area (Å²) in [7, 11) is 0. The molecule has 0 spiro atoms. The summed E-state index contributed by atoms with van der Waals surface area (Å²) in [5.74, 6) is -1.27. The number of rotatable bonds is 4. The second-order valence-electron chi connectivity index (χ2n) is 7.69. The zero-order valence-corrected chi connectivity index (χ0v) is 17.7. The van der Waals surface area contributed by atoms with Crippen molar-refractivity contribution in [2.24, 2.45) is 0 Å². The summed E-state index contributed by atoms with van der Waals surface area (Å²) in [4.78, 5) is 29.9. The lowest BCUT2D eigenvalue weighted by atomic mass is 9.93. The maximum absolute atomic E-state index is 14.8. The minimum absolute atomic E-state index is 0.109. The van der Waals surface area contributed by atoms with Crippen LogP contribution < -0.4 is 10.7 Å². The zero-order valence-electron chi connectivity index (χ0n) is 16.9. The van der Waals surface area contributed by atoms with Crippen molar-refractivity contribution in [3.05, 3.63) is 87.8 Å². The Hall–Kier alpha value is -3.12. The molecule has 4 nitrogen and oxygen atoms in total. The molecule has 0 atom stereocenters. The van der Waals surface area contributed by atoms with E-state index in [9.17, 15) is 14.0 Å². The van der Waals surface area contributed by atoms with Gasteiger partial charge < -0.3 is 10.3 Å². The van der Waals surface area contributed by atoms with Crippen LogP contribution in [0, 0.1) is 5.82 Å². The topological polar surface area (TPSA) is 62.0 Å². The van der Waals surface area contributed by atoms with Crippen LogP contribution >= 0.6 is 11.8 Å². The second kappa shape index (κ2) is 7.61. The number of pyridine rings is 1. The molecule has 0 saturated heterocycles. The first-order valence-corrected chi connectivity index (χ1v) is 10.7. The van der Waals surface area contributed by atoms with Gasteiger partial charge in [-0.05, 0) is 62.1 Å². The summed E-state index contributed by atoms with van der Waals surface area (Å²) in [5.41, 5.74) is 0.904. The van der Waals surface area contributed by atoms with Gasteiger partial charge in [-0.15, -0.1) is 11.8 Å². The number of aromatic amines is 1. The number of para-hydroxylation sites is 1. The molecule has 6 heteroatoms. The van der Waals surface area contributed by atoms with Gasteiger partial charge in [-0.2, -0.15) is 0 Å². The Bertz CT molecular complexity index is 1340. The minimum Gasteiger partial charge on any atom is -0.354 e. The van der Waals surface area contributed by atoms with Crippen molar-refractivity contribution in [2.45, 2.75) is 24.3 Å². The molecule has 0 aliphatic rings. The van der Waals surface area contributed by atoms with E-state index in [1.54, 1.807) is 30.0 Å². The molecule has 4 aromatic rings. The Kier molecular flexibility index (Phi) is 5.12. The van der Waals surface area contributed by atoms with Crippen LogP contribution in [0.1, 0.15) is 29.8 Å². The Balaban J connectivity index is 1.75. The fourth-order valence-corrected chi connectivity index (χ4v) is 4.01. The molecule has 30 heavy (non-hydrogen) atoms. The van der Waals surface area contributed by atoms with E-state index in [1.165, 1.54) is 6.07 Å². The first-order valence-electron chi connectivity index (χ1n) is 9.51. The van der Waals surface area contributed by atoms with E-state index in [4.69, 9.17) is 0 Å². The van der Waals surface area contributed by atoms with Crippen molar-refractivity contribution in [1.29, 1.82) is 0 Å². The molecule has 3 aromatic carbocycles. The highest BCUT2D eigenvalue weighted by molar-refractivity contribution is 7.98. The summed E-state index contributed by atoms with van der Waals surface area (Å²) in [6, 6.07) is 17.4. The number of hydrogen-bond donors (Lipinski definition) is 2. The lowest BCUT2D eigenvalue weighted by Crippen LogP contribution is -2.41. The van der Waals surface area contributed by atoms with E-state index < -0.39 is 17.3 Å². The van der Waals surface area contributed by atoms with Gasteiger partial charge in [0, 0.05) is 21.2 Å². The van der Waals surface area contributed by atoms with Crippen LogP contribution in [-0.2, 0) is 5.54 Å². The monoisotopic (exact) mass is 420 g/mol. The zero-order chi connectivity index (χ0) is 21.5. The number of hydrogen-bond acceptors (Lipinski definition) is 3. The van der Waals surface area contributed by atoms with E-state index >= 15 is 0 Å². The number of carbonyl (C=O) groups excluding carboxylic acids is 1. The molecule has 0 saturated carbocycles. The molecule has 1 heterocycles. The number of amides is 1. The maximum Gasteiger partial charge on any atom is 0.255 e. The molecule has 0 unspecified atom stereocenters. The summed E-state index contributed by atoms with van der Waals surface area (Å²) < 4.78 is 14.8. The smallest absolute Gasteiger partial charge is 0.255 e.